The van der Waals surface area contributed by atoms with Gasteiger partial charge in [-0.15, -0.1) is 0 Å². The van der Waals surface area contributed by atoms with Crippen LogP contribution in [0.4, 0.5) is 0 Å². The van der Waals surface area contributed by atoms with Gasteiger partial charge in [-0.05, 0) is 122 Å². The van der Waals surface area contributed by atoms with E-state index in [1.807, 2.05) is 0 Å². The maximum atomic E-state index is 2.38. The lowest BCUT2D eigenvalue weighted by atomic mass is 9.65. The molecular formula is C36H76. The van der Waals surface area contributed by atoms with Crippen LogP contribution in [0.5, 0.6) is 0 Å². The van der Waals surface area contributed by atoms with Gasteiger partial charge in [-0.2, -0.15) is 0 Å². The second-order valence-corrected chi connectivity index (χ2v) is 16.4. The molecule has 0 bridgehead atoms. The van der Waals surface area contributed by atoms with E-state index >= 15 is 0 Å². The van der Waals surface area contributed by atoms with E-state index in [2.05, 4.69) is 111 Å². The first-order valence-electron chi connectivity index (χ1n) is 16.4. The molecule has 0 heteroatoms. The molecule has 220 valence electrons. The van der Waals surface area contributed by atoms with Crippen LogP contribution in [-0.2, 0) is 0 Å². The summed E-state index contributed by atoms with van der Waals surface area (Å²) < 4.78 is 0. The van der Waals surface area contributed by atoms with Gasteiger partial charge >= 0.3 is 0 Å². The van der Waals surface area contributed by atoms with Crippen molar-refractivity contribution in [2.75, 3.05) is 0 Å². The minimum atomic E-state index is 0.588. The molecule has 0 aromatic rings. The van der Waals surface area contributed by atoms with Crippen molar-refractivity contribution in [3.63, 3.8) is 0 Å². The van der Waals surface area contributed by atoms with Gasteiger partial charge in [0, 0.05) is 0 Å². The first-order chi connectivity index (χ1) is 16.4. The molecule has 0 aliphatic heterocycles. The van der Waals surface area contributed by atoms with Gasteiger partial charge in [-0.3, -0.25) is 0 Å². The standard InChI is InChI=1S/C19H40.C17H36/c1-14(2)9-18(10-15(3)4)13-19(11-16(5)6)12-17(7)8;1-13(2)9-17(10-14(3)4,11-15(5)6)12-16(7)8/h14-19H,9-13H2,1-8H3;13-16H,9-12H2,1-8H3. The zero-order chi connectivity index (χ0) is 28.6. The minimum Gasteiger partial charge on any atom is -0.0628 e. The summed E-state index contributed by atoms with van der Waals surface area (Å²) in [6, 6.07) is 0. The Hall–Kier alpha value is 0. The summed E-state index contributed by atoms with van der Waals surface area (Å²) in [5.41, 5.74) is 0.588. The third kappa shape index (κ3) is 23.1. The van der Waals surface area contributed by atoms with Crippen LogP contribution in [0.15, 0.2) is 0 Å². The van der Waals surface area contributed by atoms with Gasteiger partial charge in [0.25, 0.3) is 0 Å². The van der Waals surface area contributed by atoms with Crippen molar-refractivity contribution in [2.45, 2.75) is 169 Å². The van der Waals surface area contributed by atoms with Crippen LogP contribution in [0.25, 0.3) is 0 Å². The van der Waals surface area contributed by atoms with Crippen molar-refractivity contribution in [3.8, 4) is 0 Å². The Morgan fingerprint density at radius 3 is 0.611 bits per heavy atom. The van der Waals surface area contributed by atoms with Crippen LogP contribution in [0.2, 0.25) is 0 Å². The highest BCUT2D eigenvalue weighted by Gasteiger charge is 2.33. The molecular weight excluding hydrogens is 432 g/mol. The third-order valence-corrected chi connectivity index (χ3v) is 7.25. The Labute approximate surface area is 233 Å². The first kappa shape index (κ1) is 38.1. The maximum Gasteiger partial charge on any atom is -0.0288 e. The van der Waals surface area contributed by atoms with Crippen molar-refractivity contribution < 1.29 is 0 Å². The molecule has 0 N–H and O–H groups in total. The SMILES string of the molecule is CC(C)CC(CC(C)C)(CC(C)C)CC(C)C.CC(C)CC(CC(C)C)CC(CC(C)C)CC(C)C. The molecule has 36 heavy (non-hydrogen) atoms. The fourth-order valence-corrected chi connectivity index (χ4v) is 7.68. The first-order valence-corrected chi connectivity index (χ1v) is 16.4. The van der Waals surface area contributed by atoms with E-state index in [-0.39, 0.29) is 0 Å². The van der Waals surface area contributed by atoms with Crippen molar-refractivity contribution in [3.05, 3.63) is 0 Å². The minimum absolute atomic E-state index is 0.588. The Kier molecular flexibility index (Phi) is 21.2. The zero-order valence-corrected chi connectivity index (χ0v) is 28.6. The van der Waals surface area contributed by atoms with Gasteiger partial charge in [0.15, 0.2) is 0 Å². The third-order valence-electron chi connectivity index (χ3n) is 7.25. The van der Waals surface area contributed by atoms with Crippen molar-refractivity contribution in [2.24, 2.45) is 64.6 Å². The molecule has 0 unspecified atom stereocenters. The van der Waals surface area contributed by atoms with Crippen LogP contribution in [0.3, 0.4) is 0 Å². The molecule has 0 fully saturated rings. The lowest BCUT2D eigenvalue weighted by molar-refractivity contribution is 0.111. The molecule has 0 radical (unpaired) electrons. The van der Waals surface area contributed by atoms with E-state index in [0.29, 0.717) is 5.41 Å². The van der Waals surface area contributed by atoms with Crippen LogP contribution in [0.1, 0.15) is 169 Å². The lowest BCUT2D eigenvalue weighted by Crippen LogP contribution is -2.29. The van der Waals surface area contributed by atoms with E-state index in [0.717, 1.165) is 59.2 Å². The fraction of sp³-hybridized carbons (Fsp3) is 1.00. The predicted octanol–water partition coefficient (Wildman–Crippen LogP) is 13.0. The van der Waals surface area contributed by atoms with Gasteiger partial charge in [0.1, 0.15) is 0 Å². The molecule has 0 saturated heterocycles. The molecule has 0 rings (SSSR count). The topological polar surface area (TPSA) is 0 Å². The van der Waals surface area contributed by atoms with Crippen LogP contribution in [0, 0.1) is 64.6 Å². The summed E-state index contributed by atoms with van der Waals surface area (Å²) in [6.07, 6.45) is 12.8. The molecule has 0 aliphatic rings. The zero-order valence-electron chi connectivity index (χ0n) is 28.6. The molecule has 0 nitrogen and oxygen atoms in total. The number of hydrogen-bond donors (Lipinski definition) is 0. The summed E-state index contributed by atoms with van der Waals surface area (Å²) in [4.78, 5) is 0. The van der Waals surface area contributed by atoms with Crippen molar-refractivity contribution >= 4 is 0 Å². The van der Waals surface area contributed by atoms with Gasteiger partial charge in [-0.25, -0.2) is 0 Å². The average Bonchev–Trinajstić information content (AvgIpc) is 2.56. The quantitative estimate of drug-likeness (QED) is 0.173. The highest BCUT2D eigenvalue weighted by Crippen LogP contribution is 2.44. The van der Waals surface area contributed by atoms with Gasteiger partial charge in [0.2, 0.25) is 0 Å². The molecule has 0 atom stereocenters. The summed E-state index contributed by atoms with van der Waals surface area (Å²) in [6.45, 7) is 38.1. The Morgan fingerprint density at radius 1 is 0.278 bits per heavy atom. The molecule has 0 spiro atoms. The van der Waals surface area contributed by atoms with E-state index in [4.69, 9.17) is 0 Å². The largest absolute Gasteiger partial charge is 0.0628 e. The van der Waals surface area contributed by atoms with Crippen molar-refractivity contribution in [1.29, 1.82) is 0 Å². The molecule has 0 aromatic carbocycles. The van der Waals surface area contributed by atoms with Gasteiger partial charge in [0.05, 0.1) is 0 Å². The highest BCUT2D eigenvalue weighted by molar-refractivity contribution is 4.84. The molecule has 0 aromatic heterocycles. The number of rotatable bonds is 18. The van der Waals surface area contributed by atoms with E-state index in [1.165, 1.54) is 57.8 Å². The van der Waals surface area contributed by atoms with E-state index in [9.17, 15) is 0 Å². The predicted molar refractivity (Wildman–Crippen MR) is 170 cm³/mol. The maximum absolute atomic E-state index is 2.38. The average molecular weight is 509 g/mol. The smallest absolute Gasteiger partial charge is 0.0288 e. The lowest BCUT2D eigenvalue weighted by Gasteiger charge is -2.40. The monoisotopic (exact) mass is 509 g/mol. The fourth-order valence-electron chi connectivity index (χ4n) is 7.68. The Balaban J connectivity index is 0. The van der Waals surface area contributed by atoms with Crippen LogP contribution >= 0.6 is 0 Å². The van der Waals surface area contributed by atoms with Crippen LogP contribution < -0.4 is 0 Å². The van der Waals surface area contributed by atoms with Crippen molar-refractivity contribution in [1.82, 2.24) is 0 Å². The summed E-state index contributed by atoms with van der Waals surface area (Å²) in [7, 11) is 0. The molecule has 0 aliphatic carbocycles. The van der Waals surface area contributed by atoms with E-state index < -0.39 is 0 Å². The molecule has 0 saturated carbocycles. The molecule has 0 amide bonds. The summed E-state index contributed by atoms with van der Waals surface area (Å²) in [5, 5.41) is 0. The van der Waals surface area contributed by atoms with E-state index in [1.54, 1.807) is 0 Å². The second-order valence-electron chi connectivity index (χ2n) is 16.4. The van der Waals surface area contributed by atoms with Crippen LogP contribution in [-0.4, -0.2) is 0 Å². The molecule has 0 heterocycles. The second kappa shape index (κ2) is 20.0. The Bertz CT molecular complexity index is 389. The summed E-state index contributed by atoms with van der Waals surface area (Å²) in [5.74, 6) is 8.59. The normalized spacial score (nSPS) is 13.2. The van der Waals surface area contributed by atoms with Gasteiger partial charge in [-0.1, -0.05) is 111 Å². The van der Waals surface area contributed by atoms with Gasteiger partial charge < -0.3 is 0 Å². The highest BCUT2D eigenvalue weighted by atomic mass is 14.4. The summed E-state index contributed by atoms with van der Waals surface area (Å²) >= 11 is 0. The Morgan fingerprint density at radius 2 is 0.472 bits per heavy atom. The number of hydrogen-bond acceptors (Lipinski definition) is 0.